The fourth-order valence-corrected chi connectivity index (χ4v) is 1.20. The summed E-state index contributed by atoms with van der Waals surface area (Å²) >= 11 is 0. The maximum atomic E-state index is 13.2. The van der Waals surface area contributed by atoms with Gasteiger partial charge >= 0.3 is 0 Å². The predicted octanol–water partition coefficient (Wildman–Crippen LogP) is 2.18. The second kappa shape index (κ2) is 6.18. The van der Waals surface area contributed by atoms with Gasteiger partial charge in [-0.05, 0) is 25.0 Å². The van der Waals surface area contributed by atoms with E-state index in [0.29, 0.717) is 6.54 Å². The Morgan fingerprint density at radius 2 is 2.06 bits per heavy atom. The Bertz CT molecular complexity index is 408. The van der Waals surface area contributed by atoms with Crippen LogP contribution in [0.2, 0.25) is 0 Å². The molecule has 0 bridgehead atoms. The molecule has 0 saturated carbocycles. The average Bonchev–Trinajstić information content (AvgIpc) is 2.29. The fraction of sp³-hybridized carbons (Fsp3) is 0.417. The highest BCUT2D eigenvalue weighted by Crippen LogP contribution is 2.20. The van der Waals surface area contributed by atoms with Crippen LogP contribution in [0.3, 0.4) is 0 Å². The molecule has 1 aromatic carbocycles. The maximum Gasteiger partial charge on any atom is 0.257 e. The van der Waals surface area contributed by atoms with Crippen LogP contribution in [-0.4, -0.2) is 19.1 Å². The molecule has 0 radical (unpaired) electrons. The van der Waals surface area contributed by atoms with Crippen molar-refractivity contribution in [2.45, 2.75) is 20.3 Å². The first-order valence-corrected chi connectivity index (χ1v) is 5.39. The van der Waals surface area contributed by atoms with Crippen LogP contribution >= 0.6 is 0 Å². The van der Waals surface area contributed by atoms with E-state index in [9.17, 15) is 13.6 Å². The topological polar surface area (TPSA) is 38.3 Å². The summed E-state index contributed by atoms with van der Waals surface area (Å²) in [7, 11) is 0. The van der Waals surface area contributed by atoms with Crippen LogP contribution in [-0.2, 0) is 4.79 Å². The van der Waals surface area contributed by atoms with E-state index in [2.05, 4.69) is 5.32 Å². The number of carbonyl (C=O) groups is 1. The van der Waals surface area contributed by atoms with E-state index in [1.54, 1.807) is 0 Å². The molecule has 1 N–H and O–H groups in total. The number of hydrogen-bond donors (Lipinski definition) is 1. The molecule has 94 valence electrons. The molecular formula is C12H15F2NO2. The Labute approximate surface area is 98.8 Å². The quantitative estimate of drug-likeness (QED) is 0.860. The highest BCUT2D eigenvalue weighted by atomic mass is 19.1. The van der Waals surface area contributed by atoms with E-state index in [4.69, 9.17) is 4.74 Å². The van der Waals surface area contributed by atoms with E-state index in [1.165, 1.54) is 13.0 Å². The van der Waals surface area contributed by atoms with Crippen molar-refractivity contribution in [1.29, 1.82) is 0 Å². The average molecular weight is 243 g/mol. The first kappa shape index (κ1) is 13.4. The van der Waals surface area contributed by atoms with E-state index in [-0.39, 0.29) is 23.8 Å². The van der Waals surface area contributed by atoms with Gasteiger partial charge < -0.3 is 10.1 Å². The molecule has 0 spiro atoms. The number of aryl methyl sites for hydroxylation is 1. The van der Waals surface area contributed by atoms with Crippen molar-refractivity contribution in [2.24, 2.45) is 0 Å². The van der Waals surface area contributed by atoms with Crippen LogP contribution in [0.1, 0.15) is 18.9 Å². The molecule has 5 heteroatoms. The Morgan fingerprint density at radius 1 is 1.35 bits per heavy atom. The van der Waals surface area contributed by atoms with Gasteiger partial charge in [0.1, 0.15) is 5.82 Å². The van der Waals surface area contributed by atoms with Gasteiger partial charge in [-0.25, -0.2) is 8.78 Å². The molecule has 3 nitrogen and oxygen atoms in total. The van der Waals surface area contributed by atoms with Crippen molar-refractivity contribution in [3.8, 4) is 5.75 Å². The molecule has 0 atom stereocenters. The summed E-state index contributed by atoms with van der Waals surface area (Å²) in [6.07, 6.45) is 0.815. The first-order valence-electron chi connectivity index (χ1n) is 5.39. The molecule has 0 aliphatic carbocycles. The van der Waals surface area contributed by atoms with Crippen LogP contribution in [0.5, 0.6) is 5.75 Å². The molecule has 17 heavy (non-hydrogen) atoms. The monoisotopic (exact) mass is 243 g/mol. The van der Waals surface area contributed by atoms with Crippen LogP contribution < -0.4 is 10.1 Å². The molecule has 0 aromatic heterocycles. The summed E-state index contributed by atoms with van der Waals surface area (Å²) in [4.78, 5) is 11.2. The molecule has 0 aliphatic heterocycles. The number of amides is 1. The van der Waals surface area contributed by atoms with Gasteiger partial charge in [-0.1, -0.05) is 6.92 Å². The standard InChI is InChI=1S/C12H15F2NO2/c1-3-4-15-12(16)7-17-11-5-8(2)9(13)6-10(11)14/h5-6H,3-4,7H2,1-2H3,(H,15,16). The highest BCUT2D eigenvalue weighted by molar-refractivity contribution is 5.77. The molecule has 0 unspecified atom stereocenters. The third kappa shape index (κ3) is 4.01. The van der Waals surface area contributed by atoms with Gasteiger partial charge in [-0.2, -0.15) is 0 Å². The van der Waals surface area contributed by atoms with E-state index >= 15 is 0 Å². The Kier molecular flexibility index (Phi) is 4.87. The van der Waals surface area contributed by atoms with E-state index in [1.807, 2.05) is 6.92 Å². The number of hydrogen-bond acceptors (Lipinski definition) is 2. The summed E-state index contributed by atoms with van der Waals surface area (Å²) in [5, 5.41) is 2.59. The van der Waals surface area contributed by atoms with Crippen molar-refractivity contribution in [2.75, 3.05) is 13.2 Å². The number of halogens is 2. The lowest BCUT2D eigenvalue weighted by atomic mass is 10.2. The number of benzene rings is 1. The minimum absolute atomic E-state index is 0.115. The number of carbonyl (C=O) groups excluding carboxylic acids is 1. The van der Waals surface area contributed by atoms with Gasteiger partial charge in [0, 0.05) is 12.6 Å². The van der Waals surface area contributed by atoms with Crippen molar-refractivity contribution in [3.63, 3.8) is 0 Å². The summed E-state index contributed by atoms with van der Waals surface area (Å²) in [6, 6.07) is 1.98. The lowest BCUT2D eigenvalue weighted by Crippen LogP contribution is -2.29. The molecule has 1 rings (SSSR count). The fourth-order valence-electron chi connectivity index (χ4n) is 1.20. The molecule has 0 heterocycles. The molecule has 1 amide bonds. The third-order valence-corrected chi connectivity index (χ3v) is 2.14. The van der Waals surface area contributed by atoms with Gasteiger partial charge in [0.15, 0.2) is 18.2 Å². The van der Waals surface area contributed by atoms with Gasteiger partial charge in [0.25, 0.3) is 5.91 Å². The highest BCUT2D eigenvalue weighted by Gasteiger charge is 2.10. The van der Waals surface area contributed by atoms with E-state index < -0.39 is 11.6 Å². The van der Waals surface area contributed by atoms with Crippen molar-refractivity contribution >= 4 is 5.91 Å². The SMILES string of the molecule is CCCNC(=O)COc1cc(C)c(F)cc1F. The maximum absolute atomic E-state index is 13.2. The Morgan fingerprint density at radius 3 is 2.71 bits per heavy atom. The summed E-state index contributed by atoms with van der Waals surface area (Å²) in [5.41, 5.74) is 0.273. The van der Waals surface area contributed by atoms with Crippen molar-refractivity contribution in [3.05, 3.63) is 29.3 Å². The second-order valence-electron chi connectivity index (χ2n) is 3.67. The van der Waals surface area contributed by atoms with Gasteiger partial charge in [0.05, 0.1) is 0 Å². The number of rotatable bonds is 5. The second-order valence-corrected chi connectivity index (χ2v) is 3.67. The summed E-state index contributed by atoms with van der Waals surface area (Å²) < 4.78 is 31.2. The first-order chi connectivity index (χ1) is 8.04. The minimum atomic E-state index is -0.809. The van der Waals surface area contributed by atoms with Gasteiger partial charge in [-0.3, -0.25) is 4.79 Å². The predicted molar refractivity (Wildman–Crippen MR) is 59.9 cm³/mol. The van der Waals surface area contributed by atoms with Gasteiger partial charge in [0.2, 0.25) is 0 Å². The molecule has 1 aromatic rings. The Balaban J connectivity index is 2.57. The number of ether oxygens (including phenoxy) is 1. The third-order valence-electron chi connectivity index (χ3n) is 2.14. The lowest BCUT2D eigenvalue weighted by Gasteiger charge is -2.08. The van der Waals surface area contributed by atoms with Crippen LogP contribution in [0.25, 0.3) is 0 Å². The van der Waals surface area contributed by atoms with Crippen molar-refractivity contribution in [1.82, 2.24) is 5.32 Å². The van der Waals surface area contributed by atoms with Crippen LogP contribution in [0.15, 0.2) is 12.1 Å². The lowest BCUT2D eigenvalue weighted by molar-refractivity contribution is -0.123. The van der Waals surface area contributed by atoms with E-state index in [0.717, 1.165) is 12.5 Å². The van der Waals surface area contributed by atoms with Crippen molar-refractivity contribution < 1.29 is 18.3 Å². The molecular weight excluding hydrogens is 228 g/mol. The largest absolute Gasteiger partial charge is 0.481 e. The summed E-state index contributed by atoms with van der Waals surface area (Å²) in [5.74, 6) is -1.88. The zero-order valence-corrected chi connectivity index (χ0v) is 9.85. The van der Waals surface area contributed by atoms with Crippen LogP contribution in [0, 0.1) is 18.6 Å². The Hall–Kier alpha value is -1.65. The summed E-state index contributed by atoms with van der Waals surface area (Å²) in [6.45, 7) is 3.69. The zero-order valence-electron chi connectivity index (χ0n) is 9.85. The normalized spacial score (nSPS) is 10.1. The zero-order chi connectivity index (χ0) is 12.8. The molecule has 0 fully saturated rings. The van der Waals surface area contributed by atoms with Gasteiger partial charge in [-0.15, -0.1) is 0 Å². The smallest absolute Gasteiger partial charge is 0.257 e. The van der Waals surface area contributed by atoms with Crippen LogP contribution in [0.4, 0.5) is 8.78 Å². The molecule has 0 aliphatic rings. The minimum Gasteiger partial charge on any atom is -0.481 e. The molecule has 0 saturated heterocycles. The number of nitrogens with one attached hydrogen (secondary N) is 1.